The normalized spacial score (nSPS) is 14.1. The molecule has 0 aromatic heterocycles. The number of rotatable bonds is 30. The molecule has 0 aromatic rings. The van der Waals surface area contributed by atoms with E-state index in [-0.39, 0.29) is 18.9 Å². The summed E-state index contributed by atoms with van der Waals surface area (Å²) in [7, 11) is 0. The summed E-state index contributed by atoms with van der Waals surface area (Å²) in [6, 6.07) is -0.735. The number of amides is 1. The molecule has 39 heavy (non-hydrogen) atoms. The van der Waals surface area contributed by atoms with Crippen molar-refractivity contribution in [1.82, 2.24) is 5.32 Å². The summed E-state index contributed by atoms with van der Waals surface area (Å²) in [5, 5.41) is 32.8. The molecule has 5 heteroatoms. The standard InChI is InChI=1S/C34H67NO4/c1-3-5-7-9-11-13-14-15-16-17-18-20-21-23-25-27-31(37)29-34(39)35-32(30-36)33(38)28-26-24-22-19-12-10-8-6-4-2/h26,28,31-33,36-38H,3-25,27,29-30H2,1-2H3,(H,35,39)/b28-26+. The average Bonchev–Trinajstić information content (AvgIpc) is 2.92. The van der Waals surface area contributed by atoms with Crippen molar-refractivity contribution in [3.63, 3.8) is 0 Å². The zero-order valence-electron chi connectivity index (χ0n) is 26.0. The molecule has 0 aromatic carbocycles. The van der Waals surface area contributed by atoms with E-state index in [1.54, 1.807) is 6.08 Å². The fraction of sp³-hybridized carbons (Fsp3) is 0.912. The molecular formula is C34H67NO4. The average molecular weight is 554 g/mol. The van der Waals surface area contributed by atoms with Crippen molar-refractivity contribution in [2.24, 2.45) is 0 Å². The van der Waals surface area contributed by atoms with Crippen LogP contribution in [0, 0.1) is 0 Å². The second kappa shape index (κ2) is 30.1. The van der Waals surface area contributed by atoms with Gasteiger partial charge in [-0.2, -0.15) is 0 Å². The van der Waals surface area contributed by atoms with Crippen molar-refractivity contribution < 1.29 is 20.1 Å². The summed E-state index contributed by atoms with van der Waals surface area (Å²) in [6.45, 7) is 4.16. The van der Waals surface area contributed by atoms with Crippen molar-refractivity contribution >= 4 is 5.91 Å². The Morgan fingerprint density at radius 2 is 1.05 bits per heavy atom. The summed E-state index contributed by atoms with van der Waals surface area (Å²) in [5.74, 6) is -0.318. The van der Waals surface area contributed by atoms with Crippen molar-refractivity contribution in [3.8, 4) is 0 Å². The number of aliphatic hydroxyl groups is 3. The highest BCUT2D eigenvalue weighted by atomic mass is 16.3. The van der Waals surface area contributed by atoms with E-state index in [0.717, 1.165) is 25.7 Å². The highest BCUT2D eigenvalue weighted by Gasteiger charge is 2.20. The van der Waals surface area contributed by atoms with Gasteiger partial charge in [-0.1, -0.05) is 161 Å². The predicted octanol–water partition coefficient (Wildman–Crippen LogP) is 8.53. The molecule has 3 atom stereocenters. The molecule has 232 valence electrons. The first-order valence-corrected chi connectivity index (χ1v) is 17.0. The first kappa shape index (κ1) is 38.1. The lowest BCUT2D eigenvalue weighted by molar-refractivity contribution is -0.124. The molecule has 0 rings (SSSR count). The van der Waals surface area contributed by atoms with E-state index in [9.17, 15) is 20.1 Å². The fourth-order valence-corrected chi connectivity index (χ4v) is 5.16. The lowest BCUT2D eigenvalue weighted by atomic mass is 10.0. The topological polar surface area (TPSA) is 89.8 Å². The quantitative estimate of drug-likeness (QED) is 0.0530. The molecular weight excluding hydrogens is 486 g/mol. The molecule has 4 N–H and O–H groups in total. The van der Waals surface area contributed by atoms with Gasteiger partial charge in [0.25, 0.3) is 0 Å². The zero-order chi connectivity index (χ0) is 28.8. The van der Waals surface area contributed by atoms with Gasteiger partial charge in [0.1, 0.15) is 0 Å². The molecule has 0 aliphatic heterocycles. The molecule has 0 spiro atoms. The van der Waals surface area contributed by atoms with Crippen molar-refractivity contribution in [2.45, 2.75) is 193 Å². The van der Waals surface area contributed by atoms with Gasteiger partial charge in [0.15, 0.2) is 0 Å². The Bertz CT molecular complexity index is 539. The predicted molar refractivity (Wildman–Crippen MR) is 167 cm³/mol. The molecule has 0 saturated heterocycles. The van der Waals surface area contributed by atoms with E-state index in [0.29, 0.717) is 6.42 Å². The summed E-state index contributed by atoms with van der Waals surface area (Å²) < 4.78 is 0. The van der Waals surface area contributed by atoms with Crippen LogP contribution in [0.25, 0.3) is 0 Å². The third-order valence-electron chi connectivity index (χ3n) is 7.82. The van der Waals surface area contributed by atoms with E-state index < -0.39 is 18.2 Å². The molecule has 3 unspecified atom stereocenters. The Labute approximate surface area is 242 Å². The first-order chi connectivity index (χ1) is 19.0. The summed E-state index contributed by atoms with van der Waals surface area (Å²) >= 11 is 0. The monoisotopic (exact) mass is 554 g/mol. The number of unbranched alkanes of at least 4 members (excludes halogenated alkanes) is 21. The SMILES string of the molecule is CCCCCCCCC/C=C/C(O)C(CO)NC(=O)CC(O)CCCCCCCCCCCCCCCCC. The molecule has 1 amide bonds. The third kappa shape index (κ3) is 27.0. The molecule has 0 aliphatic rings. The van der Waals surface area contributed by atoms with E-state index >= 15 is 0 Å². The van der Waals surface area contributed by atoms with E-state index in [2.05, 4.69) is 19.2 Å². The summed E-state index contributed by atoms with van der Waals surface area (Å²) in [4.78, 5) is 12.3. The largest absolute Gasteiger partial charge is 0.394 e. The minimum Gasteiger partial charge on any atom is -0.394 e. The Morgan fingerprint density at radius 1 is 0.641 bits per heavy atom. The van der Waals surface area contributed by atoms with Crippen LogP contribution in [0.4, 0.5) is 0 Å². The number of allylic oxidation sites excluding steroid dienone is 1. The van der Waals surface area contributed by atoms with Gasteiger partial charge in [0.05, 0.1) is 31.3 Å². The number of hydrogen-bond donors (Lipinski definition) is 4. The van der Waals surface area contributed by atoms with E-state index in [1.165, 1.54) is 122 Å². The summed E-state index contributed by atoms with van der Waals surface area (Å²) in [5.41, 5.74) is 0. The lowest BCUT2D eigenvalue weighted by Gasteiger charge is -2.21. The fourth-order valence-electron chi connectivity index (χ4n) is 5.16. The molecule has 0 bridgehead atoms. The van der Waals surface area contributed by atoms with Gasteiger partial charge in [-0.05, 0) is 19.3 Å². The van der Waals surface area contributed by atoms with Crippen LogP contribution < -0.4 is 5.32 Å². The maximum absolute atomic E-state index is 12.3. The van der Waals surface area contributed by atoms with Gasteiger partial charge >= 0.3 is 0 Å². The van der Waals surface area contributed by atoms with Crippen LogP contribution in [-0.2, 0) is 4.79 Å². The Kier molecular flexibility index (Phi) is 29.4. The van der Waals surface area contributed by atoms with Gasteiger partial charge in [0, 0.05) is 0 Å². The molecule has 0 aliphatic carbocycles. The van der Waals surface area contributed by atoms with Crippen LogP contribution in [-0.4, -0.2) is 46.1 Å². The van der Waals surface area contributed by atoms with Crippen molar-refractivity contribution in [3.05, 3.63) is 12.2 Å². The lowest BCUT2D eigenvalue weighted by Crippen LogP contribution is -2.45. The minimum absolute atomic E-state index is 0.0174. The zero-order valence-corrected chi connectivity index (χ0v) is 26.0. The van der Waals surface area contributed by atoms with Gasteiger partial charge in [0.2, 0.25) is 5.91 Å². The molecule has 0 heterocycles. The molecule has 0 radical (unpaired) electrons. The van der Waals surface area contributed by atoms with Crippen LogP contribution in [0.15, 0.2) is 12.2 Å². The molecule has 0 fully saturated rings. The number of aliphatic hydroxyl groups excluding tert-OH is 3. The number of carbonyl (C=O) groups excluding carboxylic acids is 1. The number of hydrogen-bond acceptors (Lipinski definition) is 4. The van der Waals surface area contributed by atoms with Gasteiger partial charge < -0.3 is 20.6 Å². The van der Waals surface area contributed by atoms with E-state index in [4.69, 9.17) is 0 Å². The van der Waals surface area contributed by atoms with Crippen LogP contribution in [0.2, 0.25) is 0 Å². The summed E-state index contributed by atoms with van der Waals surface area (Å²) in [6.07, 6.45) is 31.9. The molecule has 0 saturated carbocycles. The van der Waals surface area contributed by atoms with Crippen LogP contribution in [0.5, 0.6) is 0 Å². The Hall–Kier alpha value is -0.910. The van der Waals surface area contributed by atoms with Crippen molar-refractivity contribution in [2.75, 3.05) is 6.61 Å². The number of carbonyl (C=O) groups is 1. The maximum atomic E-state index is 12.3. The highest BCUT2D eigenvalue weighted by molar-refractivity contribution is 5.76. The third-order valence-corrected chi connectivity index (χ3v) is 7.82. The van der Waals surface area contributed by atoms with Gasteiger partial charge in [-0.3, -0.25) is 4.79 Å². The minimum atomic E-state index is -0.920. The smallest absolute Gasteiger partial charge is 0.222 e. The second-order valence-corrected chi connectivity index (χ2v) is 11.8. The van der Waals surface area contributed by atoms with Crippen LogP contribution >= 0.6 is 0 Å². The number of nitrogens with one attached hydrogen (secondary N) is 1. The Balaban J connectivity index is 3.71. The second-order valence-electron chi connectivity index (χ2n) is 11.8. The van der Waals surface area contributed by atoms with Gasteiger partial charge in [-0.15, -0.1) is 0 Å². The van der Waals surface area contributed by atoms with E-state index in [1.807, 2.05) is 6.08 Å². The maximum Gasteiger partial charge on any atom is 0.222 e. The van der Waals surface area contributed by atoms with Crippen LogP contribution in [0.3, 0.4) is 0 Å². The van der Waals surface area contributed by atoms with Crippen molar-refractivity contribution in [1.29, 1.82) is 0 Å². The molecule has 5 nitrogen and oxygen atoms in total. The first-order valence-electron chi connectivity index (χ1n) is 17.0. The Morgan fingerprint density at radius 3 is 1.49 bits per heavy atom. The highest BCUT2D eigenvalue weighted by Crippen LogP contribution is 2.15. The van der Waals surface area contributed by atoms with Crippen LogP contribution in [0.1, 0.15) is 174 Å². The van der Waals surface area contributed by atoms with Gasteiger partial charge in [-0.25, -0.2) is 0 Å².